The maximum Gasteiger partial charge on any atom is 0.146 e. The van der Waals surface area contributed by atoms with Crippen molar-refractivity contribution < 1.29 is 0 Å². The van der Waals surface area contributed by atoms with E-state index in [1.807, 2.05) is 0 Å². The van der Waals surface area contributed by atoms with Gasteiger partial charge >= 0.3 is 0 Å². The van der Waals surface area contributed by atoms with E-state index in [4.69, 9.17) is 0 Å². The Morgan fingerprint density at radius 3 is 2.85 bits per heavy atom. The van der Waals surface area contributed by atoms with Crippen molar-refractivity contribution in [2.75, 3.05) is 30.8 Å². The van der Waals surface area contributed by atoms with Crippen molar-refractivity contribution in [3.05, 3.63) is 10.8 Å². The molecule has 1 aromatic rings. The molecule has 0 aliphatic carbocycles. The second-order valence-electron chi connectivity index (χ2n) is 5.51. The van der Waals surface area contributed by atoms with Crippen molar-refractivity contribution in [2.45, 2.75) is 45.2 Å². The summed E-state index contributed by atoms with van der Waals surface area (Å²) in [6, 6.07) is 1.09. The van der Waals surface area contributed by atoms with Crippen LogP contribution in [-0.2, 0) is 0 Å². The normalized spacial score (nSPS) is 23.6. The predicted molar refractivity (Wildman–Crippen MR) is 87.2 cm³/mol. The van der Waals surface area contributed by atoms with Gasteiger partial charge < -0.3 is 15.5 Å². The molecule has 1 aliphatic rings. The number of likely N-dealkylation sites (tertiary alicyclic amines) is 1. The van der Waals surface area contributed by atoms with Crippen LogP contribution in [0.15, 0.2) is 10.8 Å². The quantitative estimate of drug-likeness (QED) is 0.862. The van der Waals surface area contributed by atoms with Gasteiger partial charge in [0.1, 0.15) is 22.4 Å². The number of anilines is 2. The molecule has 0 amide bonds. The van der Waals surface area contributed by atoms with E-state index in [9.17, 15) is 0 Å². The Morgan fingerprint density at radius 2 is 2.15 bits per heavy atom. The summed E-state index contributed by atoms with van der Waals surface area (Å²) in [4.78, 5) is 11.0. The SMILES string of the molecule is CCCNc1ncnc(NC2CCN(C)C(C)C2)c1Br. The number of nitrogens with one attached hydrogen (secondary N) is 2. The van der Waals surface area contributed by atoms with Gasteiger partial charge in [-0.15, -0.1) is 0 Å². The zero-order chi connectivity index (χ0) is 14.5. The van der Waals surface area contributed by atoms with E-state index in [0.717, 1.165) is 48.5 Å². The zero-order valence-electron chi connectivity index (χ0n) is 12.5. The van der Waals surface area contributed by atoms with Crippen LogP contribution >= 0.6 is 15.9 Å². The van der Waals surface area contributed by atoms with E-state index in [0.29, 0.717) is 12.1 Å². The molecule has 2 N–H and O–H groups in total. The molecule has 20 heavy (non-hydrogen) atoms. The summed E-state index contributed by atoms with van der Waals surface area (Å²) in [7, 11) is 2.19. The van der Waals surface area contributed by atoms with Crippen molar-refractivity contribution in [1.29, 1.82) is 0 Å². The van der Waals surface area contributed by atoms with Crippen LogP contribution in [0.4, 0.5) is 11.6 Å². The Kier molecular flexibility index (Phi) is 5.60. The van der Waals surface area contributed by atoms with Crippen LogP contribution < -0.4 is 10.6 Å². The molecule has 0 radical (unpaired) electrons. The number of aromatic nitrogens is 2. The third kappa shape index (κ3) is 3.82. The number of piperidine rings is 1. The van der Waals surface area contributed by atoms with E-state index in [1.54, 1.807) is 6.33 Å². The zero-order valence-corrected chi connectivity index (χ0v) is 14.1. The second-order valence-corrected chi connectivity index (χ2v) is 6.30. The molecule has 0 bridgehead atoms. The lowest BCUT2D eigenvalue weighted by Crippen LogP contribution is -2.42. The van der Waals surface area contributed by atoms with Crippen molar-refractivity contribution >= 4 is 27.6 Å². The second kappa shape index (κ2) is 7.22. The molecule has 0 spiro atoms. The van der Waals surface area contributed by atoms with Gasteiger partial charge in [0.25, 0.3) is 0 Å². The first-order chi connectivity index (χ1) is 9.61. The average molecular weight is 342 g/mol. The fourth-order valence-corrected chi connectivity index (χ4v) is 2.91. The maximum absolute atomic E-state index is 4.36. The minimum absolute atomic E-state index is 0.478. The topological polar surface area (TPSA) is 53.1 Å². The maximum atomic E-state index is 4.36. The van der Waals surface area contributed by atoms with Crippen LogP contribution in [0.3, 0.4) is 0 Å². The van der Waals surface area contributed by atoms with Crippen molar-refractivity contribution in [3.63, 3.8) is 0 Å². The van der Waals surface area contributed by atoms with Crippen molar-refractivity contribution in [1.82, 2.24) is 14.9 Å². The van der Waals surface area contributed by atoms with Crippen LogP contribution in [0.1, 0.15) is 33.1 Å². The summed E-state index contributed by atoms with van der Waals surface area (Å²) >= 11 is 3.60. The molecular weight excluding hydrogens is 318 g/mol. The van der Waals surface area contributed by atoms with Crippen LogP contribution in [0.2, 0.25) is 0 Å². The molecule has 2 rings (SSSR count). The molecule has 6 heteroatoms. The Balaban J connectivity index is 2.02. The van der Waals surface area contributed by atoms with Gasteiger partial charge in [-0.05, 0) is 49.2 Å². The van der Waals surface area contributed by atoms with E-state index < -0.39 is 0 Å². The third-order valence-corrected chi connectivity index (χ3v) is 4.63. The summed E-state index contributed by atoms with van der Waals surface area (Å²) in [5.41, 5.74) is 0. The van der Waals surface area contributed by atoms with E-state index >= 15 is 0 Å². The lowest BCUT2D eigenvalue weighted by molar-refractivity contribution is 0.190. The number of halogens is 1. The molecule has 1 aliphatic heterocycles. The standard InChI is InChI=1S/C14H24BrN5/c1-4-6-16-13-12(15)14(18-9-17-13)19-11-5-7-20(3)10(2)8-11/h9-11H,4-8H2,1-3H3,(H2,16,17,18,19). The minimum Gasteiger partial charge on any atom is -0.369 e. The van der Waals surface area contributed by atoms with Gasteiger partial charge in [-0.2, -0.15) is 0 Å². The Labute approximate surface area is 129 Å². The average Bonchev–Trinajstić information content (AvgIpc) is 2.44. The summed E-state index contributed by atoms with van der Waals surface area (Å²) in [5.74, 6) is 1.76. The third-order valence-electron chi connectivity index (χ3n) is 3.88. The molecule has 2 atom stereocenters. The fourth-order valence-electron chi connectivity index (χ4n) is 2.45. The Bertz CT molecular complexity index is 440. The Morgan fingerprint density at radius 1 is 1.40 bits per heavy atom. The van der Waals surface area contributed by atoms with Gasteiger partial charge in [-0.1, -0.05) is 6.92 Å². The number of hydrogen-bond acceptors (Lipinski definition) is 5. The highest BCUT2D eigenvalue weighted by Crippen LogP contribution is 2.28. The highest BCUT2D eigenvalue weighted by atomic mass is 79.9. The molecule has 0 aromatic carbocycles. The smallest absolute Gasteiger partial charge is 0.146 e. The number of hydrogen-bond donors (Lipinski definition) is 2. The highest BCUT2D eigenvalue weighted by molar-refractivity contribution is 9.10. The van der Waals surface area contributed by atoms with Crippen LogP contribution in [-0.4, -0.2) is 47.1 Å². The summed E-state index contributed by atoms with van der Waals surface area (Å²) in [6.07, 6.45) is 4.98. The van der Waals surface area contributed by atoms with Gasteiger partial charge in [-0.3, -0.25) is 0 Å². The van der Waals surface area contributed by atoms with Crippen molar-refractivity contribution in [3.8, 4) is 0 Å². The largest absolute Gasteiger partial charge is 0.369 e. The molecule has 1 fully saturated rings. The van der Waals surface area contributed by atoms with Crippen molar-refractivity contribution in [2.24, 2.45) is 0 Å². The molecule has 2 heterocycles. The van der Waals surface area contributed by atoms with E-state index in [1.165, 1.54) is 0 Å². The first-order valence-corrected chi connectivity index (χ1v) is 8.12. The lowest BCUT2D eigenvalue weighted by atomic mass is 9.99. The van der Waals surface area contributed by atoms with Crippen LogP contribution in [0, 0.1) is 0 Å². The number of nitrogens with zero attached hydrogens (tertiary/aromatic N) is 3. The fraction of sp³-hybridized carbons (Fsp3) is 0.714. The molecule has 1 aromatic heterocycles. The van der Waals surface area contributed by atoms with Gasteiger partial charge in [0, 0.05) is 25.2 Å². The predicted octanol–water partition coefficient (Wildman–Crippen LogP) is 2.96. The highest BCUT2D eigenvalue weighted by Gasteiger charge is 2.23. The summed E-state index contributed by atoms with van der Waals surface area (Å²) in [6.45, 7) is 6.46. The van der Waals surface area contributed by atoms with Gasteiger partial charge in [0.15, 0.2) is 0 Å². The van der Waals surface area contributed by atoms with Gasteiger partial charge in [0.05, 0.1) is 0 Å². The van der Waals surface area contributed by atoms with E-state index in [2.05, 4.69) is 62.3 Å². The first-order valence-electron chi connectivity index (χ1n) is 7.33. The lowest BCUT2D eigenvalue weighted by Gasteiger charge is -2.35. The van der Waals surface area contributed by atoms with E-state index in [-0.39, 0.29) is 0 Å². The number of rotatable bonds is 5. The molecular formula is C14H24BrN5. The van der Waals surface area contributed by atoms with Gasteiger partial charge in [-0.25, -0.2) is 9.97 Å². The molecule has 112 valence electrons. The Hall–Kier alpha value is -0.880. The minimum atomic E-state index is 0.478. The molecule has 0 saturated carbocycles. The summed E-state index contributed by atoms with van der Waals surface area (Å²) in [5, 5.41) is 6.86. The van der Waals surface area contributed by atoms with Crippen LogP contribution in [0.5, 0.6) is 0 Å². The summed E-state index contributed by atoms with van der Waals surface area (Å²) < 4.78 is 0.931. The first kappa shape index (κ1) is 15.5. The molecule has 2 unspecified atom stereocenters. The monoisotopic (exact) mass is 341 g/mol. The van der Waals surface area contributed by atoms with Crippen LogP contribution in [0.25, 0.3) is 0 Å². The molecule has 5 nitrogen and oxygen atoms in total. The van der Waals surface area contributed by atoms with Gasteiger partial charge in [0.2, 0.25) is 0 Å². The molecule has 1 saturated heterocycles.